The van der Waals surface area contributed by atoms with Crippen LogP contribution in [-0.4, -0.2) is 71.3 Å². The summed E-state index contributed by atoms with van der Waals surface area (Å²) in [5.74, 6) is 0.208. The molecule has 2 unspecified atom stereocenters. The number of aliphatic hydroxyl groups excluding tert-OH is 1. The average Bonchev–Trinajstić information content (AvgIpc) is 2.73. The number of fused-ring (bicyclic) bond motifs is 1. The van der Waals surface area contributed by atoms with E-state index < -0.39 is 18.2 Å². The molecule has 0 aromatic rings. The van der Waals surface area contributed by atoms with E-state index in [1.807, 2.05) is 18.7 Å². The van der Waals surface area contributed by atoms with Crippen LogP contribution in [0.1, 0.15) is 13.8 Å². The van der Waals surface area contributed by atoms with Crippen molar-refractivity contribution in [2.45, 2.75) is 32.1 Å². The molecule has 2 aliphatic rings. The maximum atomic E-state index is 12.0. The van der Waals surface area contributed by atoms with Crippen LogP contribution in [0.2, 0.25) is 0 Å². The van der Waals surface area contributed by atoms with Crippen LogP contribution in [0, 0.1) is 0 Å². The van der Waals surface area contributed by atoms with Crippen LogP contribution in [0.3, 0.4) is 0 Å². The van der Waals surface area contributed by atoms with Crippen molar-refractivity contribution < 1.29 is 14.7 Å². The summed E-state index contributed by atoms with van der Waals surface area (Å²) >= 11 is 0. The van der Waals surface area contributed by atoms with E-state index in [0.29, 0.717) is 5.96 Å². The van der Waals surface area contributed by atoms with Gasteiger partial charge in [-0.1, -0.05) is 0 Å². The minimum Gasteiger partial charge on any atom is -0.394 e. The van der Waals surface area contributed by atoms with Gasteiger partial charge in [0.1, 0.15) is 6.17 Å². The number of carbonyl (C=O) groups is 2. The van der Waals surface area contributed by atoms with E-state index in [9.17, 15) is 9.59 Å². The number of hydrogen-bond donors (Lipinski definition) is 3. The van der Waals surface area contributed by atoms with Gasteiger partial charge in [0, 0.05) is 13.1 Å². The maximum Gasteiger partial charge on any atom is 0.325 e. The zero-order chi connectivity index (χ0) is 14.2. The largest absolute Gasteiger partial charge is 0.394 e. The number of likely N-dealkylation sites (N-methyl/N-ethyl adjacent to an activating group) is 1. The average molecular weight is 269 g/mol. The Morgan fingerprint density at radius 2 is 2.11 bits per heavy atom. The summed E-state index contributed by atoms with van der Waals surface area (Å²) in [5, 5.41) is 14.3. The Bertz CT molecular complexity index is 423. The molecule has 0 saturated carbocycles. The van der Waals surface area contributed by atoms with Crippen LogP contribution in [0.25, 0.3) is 0 Å². The molecule has 106 valence electrons. The van der Waals surface area contributed by atoms with Gasteiger partial charge in [-0.05, 0) is 13.8 Å². The highest BCUT2D eigenvalue weighted by Gasteiger charge is 2.50. The Kier molecular flexibility index (Phi) is 3.61. The van der Waals surface area contributed by atoms with Crippen molar-refractivity contribution in [3.8, 4) is 0 Å². The lowest BCUT2D eigenvalue weighted by atomic mass is 10.1. The minimum absolute atomic E-state index is 0.0484. The summed E-state index contributed by atoms with van der Waals surface area (Å²) in [5.41, 5.74) is 0. The van der Waals surface area contributed by atoms with E-state index in [0.717, 1.165) is 0 Å². The number of aliphatic hydroxyl groups is 1. The molecule has 0 radical (unpaired) electrons. The standard InChI is InChI=1S/C11H19N5O3/c1-6(2)16-7-8(13-10(16)12-4-5-17)15(3)11(19)14-9(7)18/h6-8,17H,4-5H2,1-3H3,(H,12,13)(H,14,18,19). The molecular formula is C11H19N5O3. The van der Waals surface area contributed by atoms with Crippen molar-refractivity contribution in [2.24, 2.45) is 4.99 Å². The van der Waals surface area contributed by atoms with Gasteiger partial charge in [0.25, 0.3) is 5.91 Å². The van der Waals surface area contributed by atoms with Crippen molar-refractivity contribution in [2.75, 3.05) is 20.2 Å². The summed E-state index contributed by atoms with van der Waals surface area (Å²) in [6.45, 7) is 4.09. The molecular weight excluding hydrogens is 250 g/mol. The van der Waals surface area contributed by atoms with E-state index >= 15 is 0 Å². The molecule has 2 fully saturated rings. The number of aliphatic imine (C=N–C) groups is 1. The fraction of sp³-hybridized carbons (Fsp3) is 0.727. The van der Waals surface area contributed by atoms with Gasteiger partial charge < -0.3 is 20.2 Å². The molecule has 2 heterocycles. The number of carbonyl (C=O) groups excluding carboxylic acids is 2. The third-order valence-corrected chi connectivity index (χ3v) is 3.27. The number of imide groups is 1. The van der Waals surface area contributed by atoms with Crippen molar-refractivity contribution in [3.63, 3.8) is 0 Å². The zero-order valence-corrected chi connectivity index (χ0v) is 11.3. The van der Waals surface area contributed by atoms with Gasteiger partial charge in [0.15, 0.2) is 12.0 Å². The first-order chi connectivity index (χ1) is 8.97. The van der Waals surface area contributed by atoms with Crippen molar-refractivity contribution in [3.05, 3.63) is 0 Å². The third kappa shape index (κ3) is 2.23. The normalized spacial score (nSPS) is 28.8. The lowest BCUT2D eigenvalue weighted by Gasteiger charge is -2.36. The number of rotatable bonds is 3. The highest BCUT2D eigenvalue weighted by Crippen LogP contribution is 2.22. The first-order valence-corrected chi connectivity index (χ1v) is 6.25. The molecule has 0 spiro atoms. The SMILES string of the molecule is CC(C)N1C(=NCCO)NC2C1C(=O)NC(=O)N2C. The quantitative estimate of drug-likeness (QED) is 0.581. The van der Waals surface area contributed by atoms with E-state index in [-0.39, 0.29) is 25.1 Å². The molecule has 2 saturated heterocycles. The summed E-state index contributed by atoms with van der Waals surface area (Å²) in [4.78, 5) is 31.1. The van der Waals surface area contributed by atoms with Crippen LogP contribution in [0.15, 0.2) is 4.99 Å². The van der Waals surface area contributed by atoms with Crippen molar-refractivity contribution in [1.29, 1.82) is 0 Å². The van der Waals surface area contributed by atoms with Crippen LogP contribution >= 0.6 is 0 Å². The maximum absolute atomic E-state index is 12.0. The third-order valence-electron chi connectivity index (χ3n) is 3.27. The first-order valence-electron chi connectivity index (χ1n) is 6.25. The van der Waals surface area contributed by atoms with E-state index in [1.165, 1.54) is 4.90 Å². The summed E-state index contributed by atoms with van der Waals surface area (Å²) in [6.07, 6.45) is -0.430. The molecule has 19 heavy (non-hydrogen) atoms. The molecule has 0 bridgehead atoms. The van der Waals surface area contributed by atoms with E-state index in [1.54, 1.807) is 7.05 Å². The molecule has 3 N–H and O–H groups in total. The number of urea groups is 1. The summed E-state index contributed by atoms with van der Waals surface area (Å²) in [6, 6.07) is -0.877. The summed E-state index contributed by atoms with van der Waals surface area (Å²) < 4.78 is 0. The lowest BCUT2D eigenvalue weighted by molar-refractivity contribution is -0.127. The lowest BCUT2D eigenvalue weighted by Crippen LogP contribution is -2.65. The molecule has 0 aromatic heterocycles. The minimum atomic E-state index is -0.500. The number of amides is 3. The van der Waals surface area contributed by atoms with E-state index in [4.69, 9.17) is 5.11 Å². The van der Waals surface area contributed by atoms with Crippen LogP contribution < -0.4 is 10.6 Å². The molecule has 2 aliphatic heterocycles. The van der Waals surface area contributed by atoms with Gasteiger partial charge in [-0.2, -0.15) is 0 Å². The molecule has 8 heteroatoms. The van der Waals surface area contributed by atoms with Gasteiger partial charge in [-0.25, -0.2) is 4.79 Å². The predicted molar refractivity (Wildman–Crippen MR) is 68.4 cm³/mol. The number of guanidine groups is 1. The molecule has 0 aliphatic carbocycles. The second-order valence-corrected chi connectivity index (χ2v) is 4.87. The van der Waals surface area contributed by atoms with E-state index in [2.05, 4.69) is 15.6 Å². The Labute approximate surface area is 111 Å². The molecule has 2 rings (SSSR count). The highest BCUT2D eigenvalue weighted by molar-refractivity contribution is 6.04. The molecule has 2 atom stereocenters. The molecule has 3 amide bonds. The van der Waals surface area contributed by atoms with Crippen LogP contribution in [0.5, 0.6) is 0 Å². The first kappa shape index (κ1) is 13.6. The Hall–Kier alpha value is -1.83. The Morgan fingerprint density at radius 3 is 2.68 bits per heavy atom. The van der Waals surface area contributed by atoms with Gasteiger partial charge in [0.05, 0.1) is 13.2 Å². The molecule has 0 aromatic carbocycles. The number of nitrogens with one attached hydrogen (secondary N) is 2. The van der Waals surface area contributed by atoms with Crippen molar-refractivity contribution in [1.82, 2.24) is 20.4 Å². The predicted octanol–water partition coefficient (Wildman–Crippen LogP) is -1.48. The fourth-order valence-corrected chi connectivity index (χ4v) is 2.39. The van der Waals surface area contributed by atoms with Crippen molar-refractivity contribution >= 4 is 17.9 Å². The summed E-state index contributed by atoms with van der Waals surface area (Å²) in [7, 11) is 1.62. The van der Waals surface area contributed by atoms with Gasteiger partial charge in [-0.3, -0.25) is 15.1 Å². The van der Waals surface area contributed by atoms with Crippen LogP contribution in [-0.2, 0) is 4.79 Å². The Morgan fingerprint density at radius 1 is 1.42 bits per heavy atom. The highest BCUT2D eigenvalue weighted by atomic mass is 16.3. The van der Waals surface area contributed by atoms with Gasteiger partial charge >= 0.3 is 6.03 Å². The van der Waals surface area contributed by atoms with Gasteiger partial charge in [0.2, 0.25) is 0 Å². The number of nitrogens with zero attached hydrogens (tertiary/aromatic N) is 3. The Balaban J connectivity index is 2.33. The molecule has 8 nitrogen and oxygen atoms in total. The smallest absolute Gasteiger partial charge is 0.325 e. The van der Waals surface area contributed by atoms with Gasteiger partial charge in [-0.15, -0.1) is 0 Å². The fourth-order valence-electron chi connectivity index (χ4n) is 2.39. The number of hydrogen-bond acceptors (Lipinski definition) is 4. The zero-order valence-electron chi connectivity index (χ0n) is 11.3. The second kappa shape index (κ2) is 5.04. The monoisotopic (exact) mass is 269 g/mol. The second-order valence-electron chi connectivity index (χ2n) is 4.87. The topological polar surface area (TPSA) is 97.3 Å². The van der Waals surface area contributed by atoms with Crippen LogP contribution in [0.4, 0.5) is 4.79 Å².